The van der Waals surface area contributed by atoms with E-state index in [1.165, 1.54) is 18.2 Å². The highest BCUT2D eigenvalue weighted by Crippen LogP contribution is 2.41. The first kappa shape index (κ1) is 19.5. The average molecular weight is 422 g/mol. The van der Waals surface area contributed by atoms with E-state index in [4.69, 9.17) is 0 Å². The molecule has 3 N–H and O–H groups in total. The van der Waals surface area contributed by atoms with E-state index >= 15 is 0 Å². The Morgan fingerprint density at radius 2 is 1.37 bits per heavy atom. The van der Waals surface area contributed by atoms with Crippen LogP contribution >= 0.6 is 0 Å². The van der Waals surface area contributed by atoms with Crippen molar-refractivity contribution in [2.75, 3.05) is 0 Å². The topological polar surface area (TPSA) is 137 Å². The van der Waals surface area contributed by atoms with E-state index in [0.717, 1.165) is 0 Å². The van der Waals surface area contributed by atoms with Crippen LogP contribution in [0.15, 0.2) is 81.9 Å². The summed E-state index contributed by atoms with van der Waals surface area (Å²) in [5.74, 6) is -1.95. The van der Waals surface area contributed by atoms with Gasteiger partial charge in [0, 0.05) is 10.8 Å². The number of hydrogen-bond acceptors (Lipinski definition) is 6. The van der Waals surface area contributed by atoms with E-state index in [2.05, 4.69) is 10.2 Å². The van der Waals surface area contributed by atoms with E-state index in [-0.39, 0.29) is 16.9 Å². The summed E-state index contributed by atoms with van der Waals surface area (Å²) < 4.78 is 33.3. The third-order valence-electron chi connectivity index (χ3n) is 4.62. The summed E-state index contributed by atoms with van der Waals surface area (Å²) in [6.45, 7) is 0. The Balaban J connectivity index is 2.02. The Morgan fingerprint density at radius 1 is 0.800 bits per heavy atom. The lowest BCUT2D eigenvalue weighted by Crippen LogP contribution is -1.98. The van der Waals surface area contributed by atoms with Gasteiger partial charge in [0.05, 0.1) is 0 Å². The molecule has 0 aliphatic carbocycles. The molecule has 4 rings (SSSR count). The summed E-state index contributed by atoms with van der Waals surface area (Å²) >= 11 is 0. The minimum absolute atomic E-state index is 0.125. The van der Waals surface area contributed by atoms with Gasteiger partial charge in [-0.25, -0.2) is 4.79 Å². The van der Waals surface area contributed by atoms with Crippen LogP contribution in [0.4, 0.5) is 11.4 Å². The van der Waals surface area contributed by atoms with Crippen molar-refractivity contribution in [3.05, 3.63) is 72.3 Å². The summed E-state index contributed by atoms with van der Waals surface area (Å²) in [5.41, 5.74) is -0.616. The van der Waals surface area contributed by atoms with E-state index < -0.39 is 26.7 Å². The Morgan fingerprint density at radius 3 is 2.00 bits per heavy atom. The quantitative estimate of drug-likeness (QED) is 0.311. The first-order chi connectivity index (χ1) is 14.3. The summed E-state index contributed by atoms with van der Waals surface area (Å²) in [6, 6.07) is 17.5. The average Bonchev–Trinajstić information content (AvgIpc) is 2.71. The van der Waals surface area contributed by atoms with Crippen molar-refractivity contribution in [1.29, 1.82) is 0 Å². The standard InChI is InChI=1S/C21H14N2O6S/c24-20-16(21(25)26)11-13-6-2-4-8-15(13)19(20)23-22-18-14-7-3-1-5-12(14)9-10-17(18)30(27,28)29/h1-11,24H,(H,25,26)(H,27,28,29)/b23-22+. The molecule has 0 bridgehead atoms. The second-order valence-corrected chi connectivity index (χ2v) is 7.85. The molecule has 0 unspecified atom stereocenters. The van der Waals surface area contributed by atoms with Crippen LogP contribution in [0.25, 0.3) is 21.5 Å². The molecule has 0 fully saturated rings. The van der Waals surface area contributed by atoms with Crippen molar-refractivity contribution in [3.8, 4) is 5.75 Å². The zero-order valence-electron chi connectivity index (χ0n) is 15.2. The van der Waals surface area contributed by atoms with Crippen LogP contribution in [0.2, 0.25) is 0 Å². The highest BCUT2D eigenvalue weighted by atomic mass is 32.2. The van der Waals surface area contributed by atoms with E-state index in [1.54, 1.807) is 48.5 Å². The molecule has 0 spiro atoms. The minimum atomic E-state index is -4.61. The number of aromatic hydroxyl groups is 1. The molecule has 0 saturated carbocycles. The van der Waals surface area contributed by atoms with E-state index in [1.807, 2.05) is 0 Å². The van der Waals surface area contributed by atoms with Crippen LogP contribution in [-0.2, 0) is 10.1 Å². The molecule has 8 nitrogen and oxygen atoms in total. The van der Waals surface area contributed by atoms with Crippen LogP contribution < -0.4 is 0 Å². The van der Waals surface area contributed by atoms with Crippen molar-refractivity contribution < 1.29 is 28.0 Å². The van der Waals surface area contributed by atoms with Gasteiger partial charge in [0.2, 0.25) is 0 Å². The van der Waals surface area contributed by atoms with Crippen molar-refractivity contribution in [3.63, 3.8) is 0 Å². The fraction of sp³-hybridized carbons (Fsp3) is 0. The third-order valence-corrected chi connectivity index (χ3v) is 5.50. The Kier molecular flexibility index (Phi) is 4.69. The second-order valence-electron chi connectivity index (χ2n) is 6.46. The fourth-order valence-electron chi connectivity index (χ4n) is 3.23. The summed E-state index contributed by atoms with van der Waals surface area (Å²) in [4.78, 5) is 11.1. The van der Waals surface area contributed by atoms with Crippen LogP contribution in [-0.4, -0.2) is 29.2 Å². The molecular weight excluding hydrogens is 408 g/mol. The van der Waals surface area contributed by atoms with Crippen molar-refractivity contribution in [1.82, 2.24) is 0 Å². The number of aromatic carboxylic acids is 1. The molecule has 0 heterocycles. The second kappa shape index (κ2) is 7.21. The Hall–Kier alpha value is -3.82. The van der Waals surface area contributed by atoms with Gasteiger partial charge in [-0.3, -0.25) is 4.55 Å². The molecule has 0 radical (unpaired) electrons. The number of carboxylic acids is 1. The predicted octanol–water partition coefficient (Wildman–Crippen LogP) is 5.06. The maximum absolute atomic E-state index is 11.9. The zero-order chi connectivity index (χ0) is 21.5. The molecule has 150 valence electrons. The van der Waals surface area contributed by atoms with Gasteiger partial charge in [-0.15, -0.1) is 10.2 Å². The first-order valence-corrected chi connectivity index (χ1v) is 10.1. The summed E-state index contributed by atoms with van der Waals surface area (Å²) in [6.07, 6.45) is 0. The van der Waals surface area contributed by atoms with E-state index in [0.29, 0.717) is 21.5 Å². The van der Waals surface area contributed by atoms with Gasteiger partial charge < -0.3 is 10.2 Å². The Labute approximate surface area is 170 Å². The summed E-state index contributed by atoms with van der Waals surface area (Å²) in [5, 5.41) is 29.9. The molecule has 0 aromatic heterocycles. The van der Waals surface area contributed by atoms with Crippen molar-refractivity contribution in [2.45, 2.75) is 4.90 Å². The van der Waals surface area contributed by atoms with Gasteiger partial charge in [-0.1, -0.05) is 54.6 Å². The maximum atomic E-state index is 11.9. The largest absolute Gasteiger partial charge is 0.505 e. The van der Waals surface area contributed by atoms with Crippen LogP contribution in [0.5, 0.6) is 5.75 Å². The lowest BCUT2D eigenvalue weighted by atomic mass is 10.0. The van der Waals surface area contributed by atoms with Crippen LogP contribution in [0.3, 0.4) is 0 Å². The van der Waals surface area contributed by atoms with Crippen molar-refractivity contribution in [2.24, 2.45) is 10.2 Å². The number of azo groups is 1. The van der Waals surface area contributed by atoms with Crippen LogP contribution in [0.1, 0.15) is 10.4 Å². The number of carboxylic acid groups (broad SMARTS) is 1. The van der Waals surface area contributed by atoms with Gasteiger partial charge in [-0.05, 0) is 22.9 Å². The minimum Gasteiger partial charge on any atom is -0.505 e. The summed E-state index contributed by atoms with van der Waals surface area (Å²) in [7, 11) is -4.61. The van der Waals surface area contributed by atoms with Gasteiger partial charge >= 0.3 is 5.97 Å². The fourth-order valence-corrected chi connectivity index (χ4v) is 3.86. The molecule has 0 saturated heterocycles. The number of rotatable bonds is 4. The lowest BCUT2D eigenvalue weighted by Gasteiger charge is -2.09. The number of carbonyl (C=O) groups is 1. The van der Waals surface area contributed by atoms with Gasteiger partial charge in [0.15, 0.2) is 5.75 Å². The van der Waals surface area contributed by atoms with Gasteiger partial charge in [-0.2, -0.15) is 8.42 Å². The molecule has 4 aromatic carbocycles. The Bertz CT molecular complexity index is 1460. The van der Waals surface area contributed by atoms with Gasteiger partial charge in [0.25, 0.3) is 10.1 Å². The zero-order valence-corrected chi connectivity index (χ0v) is 16.0. The number of benzene rings is 4. The number of fused-ring (bicyclic) bond motifs is 2. The number of nitrogens with zero attached hydrogens (tertiary/aromatic N) is 2. The number of phenols is 1. The van der Waals surface area contributed by atoms with E-state index in [9.17, 15) is 28.0 Å². The molecule has 0 amide bonds. The third kappa shape index (κ3) is 3.36. The molecule has 0 atom stereocenters. The number of hydrogen-bond donors (Lipinski definition) is 3. The smallest absolute Gasteiger partial charge is 0.339 e. The highest BCUT2D eigenvalue weighted by molar-refractivity contribution is 7.86. The molecule has 0 aliphatic heterocycles. The molecule has 0 aliphatic rings. The lowest BCUT2D eigenvalue weighted by molar-refractivity contribution is 0.0694. The van der Waals surface area contributed by atoms with Gasteiger partial charge in [0.1, 0.15) is 21.8 Å². The molecule has 30 heavy (non-hydrogen) atoms. The maximum Gasteiger partial charge on any atom is 0.339 e. The monoisotopic (exact) mass is 422 g/mol. The van der Waals surface area contributed by atoms with Crippen LogP contribution in [0, 0.1) is 0 Å². The van der Waals surface area contributed by atoms with Crippen molar-refractivity contribution >= 4 is 49.0 Å². The SMILES string of the molecule is O=C(O)c1cc2ccccc2c(/N=N/c2c(S(=O)(=O)O)ccc3ccccc23)c1O. The highest BCUT2D eigenvalue weighted by Gasteiger charge is 2.20. The molecular formula is C21H14N2O6S. The first-order valence-electron chi connectivity index (χ1n) is 8.66. The molecule has 9 heteroatoms. The normalized spacial score (nSPS) is 12.0. The predicted molar refractivity (Wildman–Crippen MR) is 111 cm³/mol. The molecule has 4 aromatic rings.